The van der Waals surface area contributed by atoms with Crippen LogP contribution in [0.15, 0.2) is 53.7 Å². The Hall–Kier alpha value is -3.00. The molecule has 3 rings (SSSR count). The Balaban J connectivity index is 1.48. The molecule has 0 saturated carbocycles. The lowest BCUT2D eigenvalue weighted by atomic mass is 10.2. The number of carbonyl (C=O) groups excluding carboxylic acids is 1. The lowest BCUT2D eigenvalue weighted by Crippen LogP contribution is -2.14. The van der Waals surface area contributed by atoms with Crippen molar-refractivity contribution < 1.29 is 14.3 Å². The van der Waals surface area contributed by atoms with Gasteiger partial charge in [-0.3, -0.25) is 9.89 Å². The molecular weight excluding hydrogens is 364 g/mol. The molecule has 3 aromatic rings. The summed E-state index contributed by atoms with van der Waals surface area (Å²) < 4.78 is 10.9. The molecule has 0 saturated heterocycles. The van der Waals surface area contributed by atoms with Crippen LogP contribution in [0.1, 0.15) is 11.4 Å². The van der Waals surface area contributed by atoms with E-state index in [0.717, 1.165) is 11.3 Å². The van der Waals surface area contributed by atoms with Crippen LogP contribution in [-0.2, 0) is 11.4 Å². The fraction of sp³-hybridized carbons (Fsp3) is 0.211. The molecule has 8 heteroatoms. The monoisotopic (exact) mass is 384 g/mol. The highest BCUT2D eigenvalue weighted by molar-refractivity contribution is 7.99. The van der Waals surface area contributed by atoms with Gasteiger partial charge in [0.25, 0.3) is 0 Å². The fourth-order valence-electron chi connectivity index (χ4n) is 2.33. The van der Waals surface area contributed by atoms with Gasteiger partial charge in [-0.05, 0) is 36.8 Å². The average Bonchev–Trinajstić information content (AvgIpc) is 3.13. The molecule has 0 spiro atoms. The lowest BCUT2D eigenvalue weighted by Gasteiger charge is -2.08. The highest BCUT2D eigenvalue weighted by atomic mass is 32.2. The van der Waals surface area contributed by atoms with Gasteiger partial charge in [-0.25, -0.2) is 4.98 Å². The number of benzene rings is 2. The summed E-state index contributed by atoms with van der Waals surface area (Å²) in [5, 5.41) is 10.2. The van der Waals surface area contributed by atoms with Crippen LogP contribution in [0.5, 0.6) is 11.5 Å². The molecule has 0 radical (unpaired) electrons. The largest absolute Gasteiger partial charge is 0.495 e. The van der Waals surface area contributed by atoms with Gasteiger partial charge in [0.05, 0.1) is 18.6 Å². The zero-order chi connectivity index (χ0) is 19.1. The average molecular weight is 384 g/mol. The van der Waals surface area contributed by atoms with E-state index in [-0.39, 0.29) is 18.3 Å². The standard InChI is InChI=1S/C19H20N4O3S/c1-13-6-5-7-14(10-13)26-11-17-21-19(23-22-17)27-12-18(24)20-15-8-3-4-9-16(15)25-2/h3-10H,11-12H2,1-2H3,(H,20,24)(H,21,22,23). The number of aromatic nitrogens is 3. The van der Waals surface area contributed by atoms with Gasteiger partial charge in [0.1, 0.15) is 18.1 Å². The molecule has 0 bridgehead atoms. The number of hydrogen-bond acceptors (Lipinski definition) is 6. The van der Waals surface area contributed by atoms with Crippen LogP contribution in [0, 0.1) is 6.92 Å². The molecule has 0 unspecified atom stereocenters. The van der Waals surface area contributed by atoms with Crippen LogP contribution >= 0.6 is 11.8 Å². The second-order valence-electron chi connectivity index (χ2n) is 5.71. The van der Waals surface area contributed by atoms with Crippen molar-refractivity contribution in [3.63, 3.8) is 0 Å². The number of hydrogen-bond donors (Lipinski definition) is 2. The summed E-state index contributed by atoms with van der Waals surface area (Å²) in [5.41, 5.74) is 1.76. The van der Waals surface area contributed by atoms with Crippen molar-refractivity contribution in [2.75, 3.05) is 18.2 Å². The molecule has 7 nitrogen and oxygen atoms in total. The Labute approximate surface area is 161 Å². The summed E-state index contributed by atoms with van der Waals surface area (Å²) in [6, 6.07) is 15.0. The number of methoxy groups -OCH3 is 1. The Bertz CT molecular complexity index is 913. The number of amides is 1. The Morgan fingerprint density at radius 3 is 2.89 bits per heavy atom. The van der Waals surface area contributed by atoms with Crippen molar-refractivity contribution in [1.29, 1.82) is 0 Å². The predicted molar refractivity (Wildman–Crippen MR) is 104 cm³/mol. The number of para-hydroxylation sites is 2. The minimum Gasteiger partial charge on any atom is -0.495 e. The first-order chi connectivity index (χ1) is 13.1. The number of rotatable bonds is 8. The van der Waals surface area contributed by atoms with Gasteiger partial charge in [0.15, 0.2) is 5.82 Å². The van der Waals surface area contributed by atoms with Crippen molar-refractivity contribution in [1.82, 2.24) is 15.2 Å². The molecule has 0 atom stereocenters. The number of aromatic amines is 1. The molecule has 0 aliphatic rings. The summed E-state index contributed by atoms with van der Waals surface area (Å²) in [6.45, 7) is 2.29. The summed E-state index contributed by atoms with van der Waals surface area (Å²) in [7, 11) is 1.56. The van der Waals surface area contributed by atoms with E-state index in [4.69, 9.17) is 9.47 Å². The van der Waals surface area contributed by atoms with E-state index in [1.807, 2.05) is 43.3 Å². The van der Waals surface area contributed by atoms with Crippen LogP contribution in [0.3, 0.4) is 0 Å². The zero-order valence-corrected chi connectivity index (χ0v) is 15.9. The third kappa shape index (κ3) is 5.49. The molecule has 1 amide bonds. The minimum atomic E-state index is -0.160. The van der Waals surface area contributed by atoms with E-state index in [0.29, 0.717) is 22.4 Å². The van der Waals surface area contributed by atoms with Gasteiger partial charge in [-0.1, -0.05) is 36.0 Å². The second kappa shape index (κ2) is 9.09. The SMILES string of the molecule is COc1ccccc1NC(=O)CSc1n[nH]c(COc2cccc(C)c2)n1. The van der Waals surface area contributed by atoms with Gasteiger partial charge in [0.2, 0.25) is 11.1 Å². The van der Waals surface area contributed by atoms with E-state index in [9.17, 15) is 4.79 Å². The number of H-pyrrole nitrogens is 1. The molecule has 140 valence electrons. The first-order valence-electron chi connectivity index (χ1n) is 8.30. The maximum absolute atomic E-state index is 12.1. The molecule has 1 heterocycles. The van der Waals surface area contributed by atoms with Crippen molar-refractivity contribution in [2.45, 2.75) is 18.7 Å². The highest BCUT2D eigenvalue weighted by Crippen LogP contribution is 2.23. The fourth-order valence-corrected chi connectivity index (χ4v) is 2.95. The van der Waals surface area contributed by atoms with Gasteiger partial charge in [0, 0.05) is 0 Å². The second-order valence-corrected chi connectivity index (χ2v) is 6.65. The molecule has 1 aromatic heterocycles. The van der Waals surface area contributed by atoms with Gasteiger partial charge < -0.3 is 14.8 Å². The normalized spacial score (nSPS) is 10.4. The van der Waals surface area contributed by atoms with E-state index in [1.54, 1.807) is 19.2 Å². The summed E-state index contributed by atoms with van der Waals surface area (Å²) >= 11 is 1.24. The number of anilines is 1. The minimum absolute atomic E-state index is 0.160. The first kappa shape index (κ1) is 18.8. The predicted octanol–water partition coefficient (Wildman–Crippen LogP) is 3.43. The maximum atomic E-state index is 12.1. The van der Waals surface area contributed by atoms with Crippen molar-refractivity contribution in [3.8, 4) is 11.5 Å². The number of nitrogens with one attached hydrogen (secondary N) is 2. The zero-order valence-electron chi connectivity index (χ0n) is 15.1. The third-order valence-corrected chi connectivity index (χ3v) is 4.44. The molecule has 27 heavy (non-hydrogen) atoms. The Morgan fingerprint density at radius 1 is 1.22 bits per heavy atom. The number of nitrogens with zero attached hydrogens (tertiary/aromatic N) is 2. The van der Waals surface area contributed by atoms with Gasteiger partial charge in [-0.2, -0.15) is 0 Å². The summed E-state index contributed by atoms with van der Waals surface area (Å²) in [4.78, 5) is 16.5. The van der Waals surface area contributed by atoms with Gasteiger partial charge in [-0.15, -0.1) is 5.10 Å². The van der Waals surface area contributed by atoms with E-state index in [1.165, 1.54) is 11.8 Å². The Morgan fingerprint density at radius 2 is 2.07 bits per heavy atom. The van der Waals surface area contributed by atoms with Crippen LogP contribution in [0.25, 0.3) is 0 Å². The van der Waals surface area contributed by atoms with E-state index < -0.39 is 0 Å². The number of ether oxygens (including phenoxy) is 2. The number of thioether (sulfide) groups is 1. The molecule has 2 N–H and O–H groups in total. The molecular formula is C19H20N4O3S. The molecule has 0 aliphatic carbocycles. The summed E-state index contributed by atoms with van der Waals surface area (Å²) in [5.74, 6) is 2.02. The van der Waals surface area contributed by atoms with Crippen LogP contribution in [-0.4, -0.2) is 34.0 Å². The number of carbonyl (C=O) groups is 1. The van der Waals surface area contributed by atoms with E-state index >= 15 is 0 Å². The van der Waals surface area contributed by atoms with Crippen LogP contribution in [0.2, 0.25) is 0 Å². The summed E-state index contributed by atoms with van der Waals surface area (Å²) in [6.07, 6.45) is 0. The lowest BCUT2D eigenvalue weighted by molar-refractivity contribution is -0.113. The highest BCUT2D eigenvalue weighted by Gasteiger charge is 2.10. The maximum Gasteiger partial charge on any atom is 0.234 e. The van der Waals surface area contributed by atoms with Crippen molar-refractivity contribution >= 4 is 23.4 Å². The number of aryl methyl sites for hydroxylation is 1. The molecule has 0 aliphatic heterocycles. The molecule has 2 aromatic carbocycles. The first-order valence-corrected chi connectivity index (χ1v) is 9.29. The van der Waals surface area contributed by atoms with E-state index in [2.05, 4.69) is 20.5 Å². The van der Waals surface area contributed by atoms with Gasteiger partial charge >= 0.3 is 0 Å². The smallest absolute Gasteiger partial charge is 0.234 e. The Kier molecular flexibility index (Phi) is 6.32. The quantitative estimate of drug-likeness (QED) is 0.579. The van der Waals surface area contributed by atoms with Crippen LogP contribution < -0.4 is 14.8 Å². The van der Waals surface area contributed by atoms with Crippen molar-refractivity contribution in [2.24, 2.45) is 0 Å². The molecule has 0 fully saturated rings. The topological polar surface area (TPSA) is 89.1 Å². The third-order valence-electron chi connectivity index (χ3n) is 3.59. The van der Waals surface area contributed by atoms with Crippen LogP contribution in [0.4, 0.5) is 5.69 Å². The van der Waals surface area contributed by atoms with Crippen molar-refractivity contribution in [3.05, 3.63) is 59.9 Å².